The van der Waals surface area contributed by atoms with Gasteiger partial charge in [0.25, 0.3) is 0 Å². The van der Waals surface area contributed by atoms with E-state index in [2.05, 4.69) is 5.32 Å². The fourth-order valence-electron chi connectivity index (χ4n) is 2.85. The summed E-state index contributed by atoms with van der Waals surface area (Å²) in [5.74, 6) is -0.790. The van der Waals surface area contributed by atoms with E-state index >= 15 is 0 Å². The van der Waals surface area contributed by atoms with Crippen LogP contribution in [0, 0.1) is 11.6 Å². The molecule has 0 saturated carbocycles. The largest absolute Gasteiger partial charge is 0.494 e. The molecule has 1 N–H and O–H groups in total. The number of methoxy groups -OCH3 is 6. The Labute approximate surface area is 211 Å². The molecule has 0 bridgehead atoms. The first kappa shape index (κ1) is 31.3. The summed E-state index contributed by atoms with van der Waals surface area (Å²) in [5, 5.41) is 3.05. The average molecular weight is 537 g/mol. The normalized spacial score (nSPS) is 11.2. The van der Waals surface area contributed by atoms with Crippen molar-refractivity contribution in [2.75, 3.05) is 71.6 Å². The molecule has 2 aromatic carbocycles. The topological polar surface area (TPSA) is 105 Å². The Morgan fingerprint density at radius 1 is 0.806 bits per heavy atom. The van der Waals surface area contributed by atoms with E-state index in [9.17, 15) is 17.2 Å². The smallest absolute Gasteiger partial charge is 0.232 e. The zero-order valence-corrected chi connectivity index (χ0v) is 22.2. The Kier molecular flexibility index (Phi) is 13.4. The molecule has 0 aliphatic rings. The third kappa shape index (κ3) is 9.74. The van der Waals surface area contributed by atoms with E-state index in [1.54, 1.807) is 26.4 Å². The zero-order valence-electron chi connectivity index (χ0n) is 21.4. The molecule has 204 valence electrons. The van der Waals surface area contributed by atoms with Crippen LogP contribution in [0.5, 0.6) is 11.5 Å². The molecule has 0 amide bonds. The molecular formula is C23H34F2N2O8S. The highest BCUT2D eigenvalue weighted by Crippen LogP contribution is 2.26. The van der Waals surface area contributed by atoms with Gasteiger partial charge in [0, 0.05) is 46.3 Å². The van der Waals surface area contributed by atoms with Gasteiger partial charge in [0.2, 0.25) is 10.0 Å². The Hall–Kier alpha value is -2.71. The lowest BCUT2D eigenvalue weighted by Gasteiger charge is -2.26. The molecular weight excluding hydrogens is 502 g/mol. The van der Waals surface area contributed by atoms with E-state index in [0.717, 1.165) is 22.3 Å². The summed E-state index contributed by atoms with van der Waals surface area (Å²) >= 11 is 0. The van der Waals surface area contributed by atoms with Gasteiger partial charge in [-0.15, -0.1) is 0 Å². The molecule has 0 saturated heterocycles. The molecule has 0 heterocycles. The summed E-state index contributed by atoms with van der Waals surface area (Å²) in [6.07, 6.45) is -0.0255. The van der Waals surface area contributed by atoms with Crippen molar-refractivity contribution in [3.05, 3.63) is 48.0 Å². The first-order chi connectivity index (χ1) is 17.0. The van der Waals surface area contributed by atoms with Crippen molar-refractivity contribution in [2.24, 2.45) is 0 Å². The zero-order chi connectivity index (χ0) is 27.3. The number of hydrogen-bond donors (Lipinski definition) is 1. The molecule has 36 heavy (non-hydrogen) atoms. The van der Waals surface area contributed by atoms with E-state index in [1.165, 1.54) is 46.6 Å². The molecule has 0 aromatic heterocycles. The van der Waals surface area contributed by atoms with Crippen LogP contribution in [0.4, 0.5) is 20.2 Å². The second kappa shape index (κ2) is 15.4. The minimum absolute atomic E-state index is 0.0393. The van der Waals surface area contributed by atoms with Crippen LogP contribution in [-0.2, 0) is 29.0 Å². The minimum atomic E-state index is -3.58. The number of rotatable bonds is 13. The molecule has 0 fully saturated rings. The van der Waals surface area contributed by atoms with E-state index in [4.69, 9.17) is 28.4 Å². The number of ether oxygens (including phenoxy) is 6. The quantitative estimate of drug-likeness (QED) is 0.387. The van der Waals surface area contributed by atoms with Gasteiger partial charge in [-0.25, -0.2) is 17.2 Å². The fourth-order valence-corrected chi connectivity index (χ4v) is 3.74. The molecule has 10 nitrogen and oxygen atoms in total. The maximum Gasteiger partial charge on any atom is 0.232 e. The Balaban J connectivity index is 0.000000369. The fraction of sp³-hybridized carbons (Fsp3) is 0.478. The van der Waals surface area contributed by atoms with E-state index in [1.807, 2.05) is 0 Å². The Morgan fingerprint density at radius 2 is 1.31 bits per heavy atom. The standard InChI is InChI=1S/C12H18FNO5S.C11H16FNO3/c1-17-11-7-9(5-6-10(11)13)14(20(4,15)16)8-12(18-2)19-3;1-14-10-6-8(4-5-9(10)12)13-7-11(15-2)16-3/h5-7,12H,8H2,1-4H3;4-6,11,13H,7H2,1-3H3. The van der Waals surface area contributed by atoms with Crippen molar-refractivity contribution in [1.82, 2.24) is 0 Å². The lowest BCUT2D eigenvalue weighted by molar-refractivity contribution is -0.0932. The summed E-state index contributed by atoms with van der Waals surface area (Å²) in [6.45, 7) is 0.419. The van der Waals surface area contributed by atoms with Gasteiger partial charge < -0.3 is 33.7 Å². The predicted octanol–water partition coefficient (Wildman–Crippen LogP) is 3.08. The van der Waals surface area contributed by atoms with Crippen molar-refractivity contribution in [2.45, 2.75) is 12.6 Å². The molecule has 0 aliphatic heterocycles. The third-order valence-corrected chi connectivity index (χ3v) is 5.97. The van der Waals surface area contributed by atoms with Crippen molar-refractivity contribution in [3.63, 3.8) is 0 Å². The molecule has 13 heteroatoms. The summed E-state index contributed by atoms with van der Waals surface area (Å²) < 4.78 is 81.0. The first-order valence-electron chi connectivity index (χ1n) is 10.5. The van der Waals surface area contributed by atoms with Gasteiger partial charge in [0.15, 0.2) is 35.7 Å². The van der Waals surface area contributed by atoms with Crippen molar-refractivity contribution >= 4 is 21.4 Å². The maximum atomic E-state index is 13.4. The van der Waals surface area contributed by atoms with Gasteiger partial charge in [-0.3, -0.25) is 4.31 Å². The molecule has 0 radical (unpaired) electrons. The van der Waals surface area contributed by atoms with Gasteiger partial charge in [0.1, 0.15) is 0 Å². The highest BCUT2D eigenvalue weighted by atomic mass is 32.2. The van der Waals surface area contributed by atoms with Crippen LogP contribution in [0.1, 0.15) is 0 Å². The molecule has 0 aliphatic carbocycles. The summed E-state index contributed by atoms with van der Waals surface area (Å²) in [6, 6.07) is 8.34. The Morgan fingerprint density at radius 3 is 1.78 bits per heavy atom. The van der Waals surface area contributed by atoms with Crippen LogP contribution in [0.2, 0.25) is 0 Å². The molecule has 0 atom stereocenters. The van der Waals surface area contributed by atoms with Crippen LogP contribution < -0.4 is 19.1 Å². The molecule has 2 rings (SSSR count). The molecule has 0 spiro atoms. The lowest BCUT2D eigenvalue weighted by atomic mass is 10.3. The van der Waals surface area contributed by atoms with Gasteiger partial charge in [0.05, 0.1) is 39.3 Å². The second-order valence-electron chi connectivity index (χ2n) is 7.15. The maximum absolute atomic E-state index is 13.4. The highest BCUT2D eigenvalue weighted by molar-refractivity contribution is 7.92. The van der Waals surface area contributed by atoms with Crippen LogP contribution in [-0.4, -0.2) is 83.0 Å². The number of nitrogens with one attached hydrogen (secondary N) is 1. The summed E-state index contributed by atoms with van der Waals surface area (Å²) in [7, 11) is 5.07. The summed E-state index contributed by atoms with van der Waals surface area (Å²) in [4.78, 5) is 0. The van der Waals surface area contributed by atoms with Crippen LogP contribution in [0.3, 0.4) is 0 Å². The number of benzene rings is 2. The van der Waals surface area contributed by atoms with Gasteiger partial charge in [-0.2, -0.15) is 0 Å². The number of sulfonamides is 1. The average Bonchev–Trinajstić information content (AvgIpc) is 2.86. The van der Waals surface area contributed by atoms with E-state index in [0.29, 0.717) is 6.54 Å². The van der Waals surface area contributed by atoms with Gasteiger partial charge >= 0.3 is 0 Å². The number of halogens is 2. The molecule has 2 aromatic rings. The molecule has 0 unspecified atom stereocenters. The SMILES string of the molecule is COc1cc(N(CC(OC)OC)S(C)(=O)=O)ccc1F.COc1cc(NCC(OC)OC)ccc1F. The van der Waals surface area contributed by atoms with Gasteiger partial charge in [-0.05, 0) is 24.3 Å². The van der Waals surface area contributed by atoms with Crippen molar-refractivity contribution in [3.8, 4) is 11.5 Å². The van der Waals surface area contributed by atoms with Crippen molar-refractivity contribution in [1.29, 1.82) is 0 Å². The first-order valence-corrected chi connectivity index (χ1v) is 12.4. The van der Waals surface area contributed by atoms with Crippen molar-refractivity contribution < 1.29 is 45.6 Å². The van der Waals surface area contributed by atoms with Crippen LogP contribution in [0.25, 0.3) is 0 Å². The van der Waals surface area contributed by atoms with E-state index in [-0.39, 0.29) is 35.8 Å². The number of nitrogens with zero attached hydrogens (tertiary/aromatic N) is 1. The lowest BCUT2D eigenvalue weighted by Crippen LogP contribution is -2.38. The Bertz CT molecular complexity index is 1030. The third-order valence-electron chi connectivity index (χ3n) is 4.81. The van der Waals surface area contributed by atoms with E-state index < -0.39 is 22.1 Å². The van der Waals surface area contributed by atoms with Crippen LogP contribution in [0.15, 0.2) is 36.4 Å². The van der Waals surface area contributed by atoms with Crippen LogP contribution >= 0.6 is 0 Å². The number of hydrogen-bond acceptors (Lipinski definition) is 9. The monoisotopic (exact) mass is 536 g/mol. The summed E-state index contributed by atoms with van der Waals surface area (Å²) in [5.41, 5.74) is 1.02. The second-order valence-corrected chi connectivity index (χ2v) is 9.05. The minimum Gasteiger partial charge on any atom is -0.494 e. The highest BCUT2D eigenvalue weighted by Gasteiger charge is 2.23. The van der Waals surface area contributed by atoms with Gasteiger partial charge in [-0.1, -0.05) is 0 Å². The number of anilines is 2. The predicted molar refractivity (Wildman–Crippen MR) is 132 cm³/mol.